The lowest BCUT2D eigenvalue weighted by Crippen LogP contribution is -2.37. The number of nitrogens with one attached hydrogen (secondary N) is 1. The Bertz CT molecular complexity index is 396. The first kappa shape index (κ1) is 15.4. The van der Waals surface area contributed by atoms with Crippen LogP contribution in [0.1, 0.15) is 50.6 Å². The summed E-state index contributed by atoms with van der Waals surface area (Å²) >= 11 is 5.61. The highest BCUT2D eigenvalue weighted by Gasteiger charge is 2.23. The highest BCUT2D eigenvalue weighted by atomic mass is 79.9. The summed E-state index contributed by atoms with van der Waals surface area (Å²) in [5.74, 6) is 0. The largest absolute Gasteiger partial charge is 0.307 e. The van der Waals surface area contributed by atoms with Crippen molar-refractivity contribution in [2.24, 2.45) is 0 Å². The summed E-state index contributed by atoms with van der Waals surface area (Å²) < 4.78 is 1.18. The van der Waals surface area contributed by atoms with Crippen molar-refractivity contribution >= 4 is 27.7 Å². The van der Waals surface area contributed by atoms with Gasteiger partial charge in [-0.05, 0) is 49.6 Å². The Morgan fingerprint density at radius 3 is 2.95 bits per heavy atom. The molecule has 1 nitrogen and oxygen atoms in total. The van der Waals surface area contributed by atoms with E-state index in [2.05, 4.69) is 58.7 Å². The Hall–Kier alpha value is 0.01000. The van der Waals surface area contributed by atoms with Crippen molar-refractivity contribution in [1.82, 2.24) is 5.32 Å². The van der Waals surface area contributed by atoms with Crippen LogP contribution in [0.2, 0.25) is 0 Å². The van der Waals surface area contributed by atoms with Crippen molar-refractivity contribution in [3.05, 3.63) is 34.3 Å². The molecule has 2 rings (SSSR count). The van der Waals surface area contributed by atoms with Gasteiger partial charge in [-0.3, -0.25) is 0 Å². The fourth-order valence-corrected chi connectivity index (χ4v) is 4.21. The predicted molar refractivity (Wildman–Crippen MR) is 89.9 cm³/mol. The van der Waals surface area contributed by atoms with E-state index in [1.807, 2.05) is 11.8 Å². The number of halogens is 1. The van der Waals surface area contributed by atoms with Crippen LogP contribution < -0.4 is 5.32 Å². The second-order valence-corrected chi connectivity index (χ2v) is 7.46. The van der Waals surface area contributed by atoms with Gasteiger partial charge in [-0.2, -0.15) is 11.8 Å². The molecule has 0 aliphatic heterocycles. The molecule has 0 spiro atoms. The quantitative estimate of drug-likeness (QED) is 0.793. The van der Waals surface area contributed by atoms with Gasteiger partial charge in [-0.1, -0.05) is 41.4 Å². The maximum absolute atomic E-state index is 3.88. The third-order valence-electron chi connectivity index (χ3n) is 4.06. The van der Waals surface area contributed by atoms with Crippen LogP contribution in [-0.4, -0.2) is 17.5 Å². The molecule has 0 amide bonds. The molecule has 106 valence electrons. The molecule has 0 saturated heterocycles. The van der Waals surface area contributed by atoms with Crippen LogP contribution in [0.4, 0.5) is 0 Å². The first-order chi connectivity index (χ1) is 9.22. The molecule has 0 bridgehead atoms. The Balaban J connectivity index is 1.99. The topological polar surface area (TPSA) is 12.0 Å². The molecule has 1 fully saturated rings. The standard InChI is InChI=1S/C16H24BrNS/c1-3-16(12-6-4-7-13(17)10-12)18-14-8-5-9-15(11-14)19-2/h4,6-7,10,14-16,18H,3,5,8-9,11H2,1-2H3. The third-order valence-corrected chi connectivity index (χ3v) is 5.64. The molecule has 3 heteroatoms. The summed E-state index contributed by atoms with van der Waals surface area (Å²) in [6.07, 6.45) is 8.83. The highest BCUT2D eigenvalue weighted by molar-refractivity contribution is 9.10. The van der Waals surface area contributed by atoms with Crippen molar-refractivity contribution in [3.8, 4) is 0 Å². The molecular formula is C16H24BrNS. The first-order valence-electron chi connectivity index (χ1n) is 7.27. The lowest BCUT2D eigenvalue weighted by molar-refractivity contribution is 0.340. The van der Waals surface area contributed by atoms with E-state index >= 15 is 0 Å². The number of thioether (sulfide) groups is 1. The summed E-state index contributed by atoms with van der Waals surface area (Å²) in [5.41, 5.74) is 1.41. The normalized spacial score (nSPS) is 25.2. The van der Waals surface area contributed by atoms with E-state index in [1.165, 1.54) is 35.7 Å². The molecule has 1 aliphatic carbocycles. The number of hydrogen-bond donors (Lipinski definition) is 1. The van der Waals surface area contributed by atoms with Crippen LogP contribution in [-0.2, 0) is 0 Å². The summed E-state index contributed by atoms with van der Waals surface area (Å²) in [6, 6.07) is 9.89. The fourth-order valence-electron chi connectivity index (χ4n) is 2.97. The number of benzene rings is 1. The minimum Gasteiger partial charge on any atom is -0.307 e. The molecule has 1 N–H and O–H groups in total. The average Bonchev–Trinajstić information content (AvgIpc) is 2.45. The lowest BCUT2D eigenvalue weighted by Gasteiger charge is -2.32. The highest BCUT2D eigenvalue weighted by Crippen LogP contribution is 2.29. The van der Waals surface area contributed by atoms with Crippen molar-refractivity contribution < 1.29 is 0 Å². The van der Waals surface area contributed by atoms with E-state index in [9.17, 15) is 0 Å². The molecule has 19 heavy (non-hydrogen) atoms. The molecule has 0 aromatic heterocycles. The summed E-state index contributed by atoms with van der Waals surface area (Å²) in [6.45, 7) is 2.27. The molecule has 1 aliphatic rings. The lowest BCUT2D eigenvalue weighted by atomic mass is 9.93. The second kappa shape index (κ2) is 7.70. The van der Waals surface area contributed by atoms with E-state index in [0.29, 0.717) is 12.1 Å². The smallest absolute Gasteiger partial charge is 0.0320 e. The van der Waals surface area contributed by atoms with Crippen molar-refractivity contribution in [2.45, 2.75) is 56.4 Å². The van der Waals surface area contributed by atoms with Crippen molar-refractivity contribution in [3.63, 3.8) is 0 Å². The summed E-state index contributed by atoms with van der Waals surface area (Å²) in [7, 11) is 0. The minimum absolute atomic E-state index is 0.489. The fraction of sp³-hybridized carbons (Fsp3) is 0.625. The molecule has 1 saturated carbocycles. The van der Waals surface area contributed by atoms with E-state index in [1.54, 1.807) is 0 Å². The van der Waals surface area contributed by atoms with Crippen molar-refractivity contribution in [1.29, 1.82) is 0 Å². The zero-order valence-electron chi connectivity index (χ0n) is 11.9. The Kier molecular flexibility index (Phi) is 6.24. The summed E-state index contributed by atoms with van der Waals surface area (Å²) in [4.78, 5) is 0. The van der Waals surface area contributed by atoms with Gasteiger partial charge in [-0.15, -0.1) is 0 Å². The van der Waals surface area contributed by atoms with Gasteiger partial charge in [0.05, 0.1) is 0 Å². The van der Waals surface area contributed by atoms with Gasteiger partial charge in [0.25, 0.3) is 0 Å². The van der Waals surface area contributed by atoms with E-state index in [4.69, 9.17) is 0 Å². The molecule has 1 aromatic carbocycles. The second-order valence-electron chi connectivity index (χ2n) is 5.40. The number of hydrogen-bond acceptors (Lipinski definition) is 2. The maximum Gasteiger partial charge on any atom is 0.0320 e. The van der Waals surface area contributed by atoms with Crippen LogP contribution in [0.25, 0.3) is 0 Å². The molecule has 3 atom stereocenters. The van der Waals surface area contributed by atoms with E-state index in [0.717, 1.165) is 11.7 Å². The Morgan fingerprint density at radius 1 is 1.42 bits per heavy atom. The first-order valence-corrected chi connectivity index (χ1v) is 9.35. The molecular weight excluding hydrogens is 318 g/mol. The minimum atomic E-state index is 0.489. The van der Waals surface area contributed by atoms with Crippen molar-refractivity contribution in [2.75, 3.05) is 6.26 Å². The van der Waals surface area contributed by atoms with Gasteiger partial charge in [0.2, 0.25) is 0 Å². The van der Waals surface area contributed by atoms with Crippen LogP contribution in [0.3, 0.4) is 0 Å². The van der Waals surface area contributed by atoms with Crippen LogP contribution >= 0.6 is 27.7 Å². The van der Waals surface area contributed by atoms with E-state index < -0.39 is 0 Å². The average molecular weight is 342 g/mol. The summed E-state index contributed by atoms with van der Waals surface area (Å²) in [5, 5.41) is 4.73. The van der Waals surface area contributed by atoms with Gasteiger partial charge in [0.15, 0.2) is 0 Å². The van der Waals surface area contributed by atoms with Gasteiger partial charge < -0.3 is 5.32 Å². The zero-order valence-corrected chi connectivity index (χ0v) is 14.3. The molecule has 0 heterocycles. The third kappa shape index (κ3) is 4.51. The number of rotatable bonds is 5. The van der Waals surface area contributed by atoms with Crippen LogP contribution in [0.15, 0.2) is 28.7 Å². The van der Waals surface area contributed by atoms with Gasteiger partial charge in [0, 0.05) is 21.8 Å². The van der Waals surface area contributed by atoms with Crippen LogP contribution in [0, 0.1) is 0 Å². The predicted octanol–water partition coefficient (Wildman–Crippen LogP) is 5.16. The van der Waals surface area contributed by atoms with E-state index in [-0.39, 0.29) is 0 Å². The van der Waals surface area contributed by atoms with Gasteiger partial charge >= 0.3 is 0 Å². The SMILES string of the molecule is CCC(NC1CCCC(SC)C1)c1cccc(Br)c1. The molecule has 1 aromatic rings. The monoisotopic (exact) mass is 341 g/mol. The molecule has 3 unspecified atom stereocenters. The maximum atomic E-state index is 3.88. The Labute approximate surface area is 130 Å². The zero-order chi connectivity index (χ0) is 13.7. The van der Waals surface area contributed by atoms with Gasteiger partial charge in [-0.25, -0.2) is 0 Å². The Morgan fingerprint density at radius 2 is 2.26 bits per heavy atom. The van der Waals surface area contributed by atoms with Gasteiger partial charge in [0.1, 0.15) is 0 Å². The van der Waals surface area contributed by atoms with Crippen LogP contribution in [0.5, 0.6) is 0 Å². The molecule has 0 radical (unpaired) electrons.